The van der Waals surface area contributed by atoms with Crippen molar-refractivity contribution in [3.63, 3.8) is 0 Å². The molecule has 202 valence electrons. The number of benzene rings is 3. The predicted molar refractivity (Wildman–Crippen MR) is 152 cm³/mol. The van der Waals surface area contributed by atoms with Crippen LogP contribution in [0.5, 0.6) is 0 Å². The number of carbonyl (C=O) groups excluding carboxylic acids is 2. The third-order valence-corrected chi connectivity index (χ3v) is 8.19. The van der Waals surface area contributed by atoms with Crippen molar-refractivity contribution in [2.75, 3.05) is 17.4 Å². The molecule has 3 aromatic carbocycles. The van der Waals surface area contributed by atoms with E-state index in [9.17, 15) is 18.0 Å². The van der Waals surface area contributed by atoms with Gasteiger partial charge in [-0.15, -0.1) is 0 Å². The van der Waals surface area contributed by atoms with Gasteiger partial charge in [-0.1, -0.05) is 79.5 Å². The number of carbonyl (C=O) groups is 2. The van der Waals surface area contributed by atoms with Crippen molar-refractivity contribution in [3.8, 4) is 0 Å². The molecule has 0 bridgehead atoms. The zero-order valence-corrected chi connectivity index (χ0v) is 23.8. The number of hydrogen-bond acceptors (Lipinski definition) is 4. The van der Waals surface area contributed by atoms with E-state index in [1.165, 1.54) is 17.0 Å². The summed E-state index contributed by atoms with van der Waals surface area (Å²) in [5.41, 5.74) is 0.899. The summed E-state index contributed by atoms with van der Waals surface area (Å²) in [6, 6.07) is 20.3. The third-order valence-electron chi connectivity index (χ3n) is 5.85. The fourth-order valence-corrected chi connectivity index (χ4v) is 5.58. The fourth-order valence-electron chi connectivity index (χ4n) is 3.71. The number of sulfonamides is 1. The van der Waals surface area contributed by atoms with Gasteiger partial charge in [0.1, 0.15) is 12.6 Å². The van der Waals surface area contributed by atoms with Crippen LogP contribution in [-0.2, 0) is 26.2 Å². The Morgan fingerprint density at radius 2 is 1.47 bits per heavy atom. The van der Waals surface area contributed by atoms with Crippen LogP contribution in [0, 0.1) is 5.92 Å². The molecule has 3 rings (SSSR count). The lowest BCUT2D eigenvalue weighted by molar-refractivity contribution is -0.139. The second-order valence-corrected chi connectivity index (χ2v) is 11.9. The monoisotopic (exact) mass is 575 g/mol. The molecule has 0 aliphatic heterocycles. The summed E-state index contributed by atoms with van der Waals surface area (Å²) in [4.78, 5) is 28.2. The van der Waals surface area contributed by atoms with Crippen LogP contribution < -0.4 is 9.62 Å². The van der Waals surface area contributed by atoms with Gasteiger partial charge in [0, 0.05) is 18.1 Å². The Kier molecular flexibility index (Phi) is 10.2. The third kappa shape index (κ3) is 7.49. The maximum absolute atomic E-state index is 13.8. The molecule has 1 N–H and O–H groups in total. The van der Waals surface area contributed by atoms with Gasteiger partial charge in [-0.05, 0) is 54.8 Å². The lowest BCUT2D eigenvalue weighted by Gasteiger charge is -2.32. The summed E-state index contributed by atoms with van der Waals surface area (Å²) in [5, 5.41) is 3.56. The first-order chi connectivity index (χ1) is 18.0. The van der Waals surface area contributed by atoms with Crippen LogP contribution in [-0.4, -0.2) is 44.3 Å². The topological polar surface area (TPSA) is 86.8 Å². The molecule has 0 aliphatic rings. The van der Waals surface area contributed by atoms with Crippen LogP contribution in [0.1, 0.15) is 26.3 Å². The Balaban J connectivity index is 2.00. The molecule has 0 saturated carbocycles. The number of para-hydroxylation sites is 1. The minimum absolute atomic E-state index is 0.0136. The van der Waals surface area contributed by atoms with Crippen LogP contribution in [0.3, 0.4) is 0 Å². The fraction of sp³-hybridized carbons (Fsp3) is 0.286. The van der Waals surface area contributed by atoms with Crippen LogP contribution in [0.4, 0.5) is 5.69 Å². The highest BCUT2D eigenvalue weighted by Crippen LogP contribution is 2.30. The van der Waals surface area contributed by atoms with Gasteiger partial charge < -0.3 is 10.2 Å². The van der Waals surface area contributed by atoms with E-state index in [0.29, 0.717) is 11.6 Å². The van der Waals surface area contributed by atoms with Gasteiger partial charge >= 0.3 is 0 Å². The second kappa shape index (κ2) is 13.1. The standard InChI is InChI=1S/C28H31Cl2N3O4S/c1-20(2)17-31-28(35)21(3)32(18-22-13-15-23(29)16-14-22)27(34)19-33(26-12-8-7-11-25(26)30)38(36,37)24-9-5-4-6-10-24/h4-16,20-21H,17-19H2,1-3H3,(H,31,35)/t21-/m1/s1. The van der Waals surface area contributed by atoms with Gasteiger partial charge in [0.05, 0.1) is 15.6 Å². The zero-order valence-electron chi connectivity index (χ0n) is 21.5. The molecule has 0 spiro atoms. The van der Waals surface area contributed by atoms with Crippen molar-refractivity contribution >= 4 is 50.7 Å². The van der Waals surface area contributed by atoms with Gasteiger partial charge in [-0.3, -0.25) is 13.9 Å². The molecule has 7 nitrogen and oxygen atoms in total. The molecule has 0 aliphatic carbocycles. The number of nitrogens with zero attached hydrogens (tertiary/aromatic N) is 2. The van der Waals surface area contributed by atoms with Gasteiger partial charge in [0.15, 0.2) is 0 Å². The number of hydrogen-bond donors (Lipinski definition) is 1. The van der Waals surface area contributed by atoms with Crippen LogP contribution in [0.25, 0.3) is 0 Å². The van der Waals surface area contributed by atoms with E-state index in [1.54, 1.807) is 73.7 Å². The molecule has 0 unspecified atom stereocenters. The highest BCUT2D eigenvalue weighted by atomic mass is 35.5. The van der Waals surface area contributed by atoms with Crippen LogP contribution >= 0.6 is 23.2 Å². The number of rotatable bonds is 11. The first-order valence-corrected chi connectivity index (χ1v) is 14.3. The van der Waals surface area contributed by atoms with Crippen LogP contribution in [0.15, 0.2) is 83.8 Å². The van der Waals surface area contributed by atoms with Gasteiger partial charge in [-0.2, -0.15) is 0 Å². The first-order valence-electron chi connectivity index (χ1n) is 12.1. The molecule has 0 heterocycles. The molecule has 10 heteroatoms. The first kappa shape index (κ1) is 29.5. The predicted octanol–water partition coefficient (Wildman–Crippen LogP) is 5.38. The minimum atomic E-state index is -4.17. The van der Waals surface area contributed by atoms with Crippen molar-refractivity contribution in [2.24, 2.45) is 5.92 Å². The number of anilines is 1. The van der Waals surface area contributed by atoms with Crippen molar-refractivity contribution < 1.29 is 18.0 Å². The van der Waals surface area contributed by atoms with Crippen LogP contribution in [0.2, 0.25) is 10.0 Å². The minimum Gasteiger partial charge on any atom is -0.354 e. The zero-order chi connectivity index (χ0) is 27.9. The summed E-state index contributed by atoms with van der Waals surface area (Å²) in [6.45, 7) is 5.52. The largest absolute Gasteiger partial charge is 0.354 e. The molecule has 0 saturated heterocycles. The van der Waals surface area contributed by atoms with Crippen molar-refractivity contribution in [3.05, 3.63) is 94.5 Å². The van der Waals surface area contributed by atoms with E-state index < -0.39 is 28.5 Å². The Hall–Kier alpha value is -3.07. The van der Waals surface area contributed by atoms with E-state index in [-0.39, 0.29) is 34.0 Å². The van der Waals surface area contributed by atoms with Gasteiger partial charge in [-0.25, -0.2) is 8.42 Å². The van der Waals surface area contributed by atoms with E-state index in [1.807, 2.05) is 13.8 Å². The Morgan fingerprint density at radius 3 is 2.08 bits per heavy atom. The Labute approximate surface area is 234 Å². The van der Waals surface area contributed by atoms with Crippen molar-refractivity contribution in [1.82, 2.24) is 10.2 Å². The average Bonchev–Trinajstić information content (AvgIpc) is 2.90. The molecular weight excluding hydrogens is 545 g/mol. The quantitative estimate of drug-likeness (QED) is 0.332. The normalized spacial score (nSPS) is 12.2. The summed E-state index contributed by atoms with van der Waals surface area (Å²) in [7, 11) is -4.17. The summed E-state index contributed by atoms with van der Waals surface area (Å²) in [5.74, 6) is -0.680. The van der Waals surface area contributed by atoms with E-state index in [4.69, 9.17) is 23.2 Å². The highest BCUT2D eigenvalue weighted by Gasteiger charge is 2.33. The highest BCUT2D eigenvalue weighted by molar-refractivity contribution is 7.92. The van der Waals surface area contributed by atoms with E-state index >= 15 is 0 Å². The molecule has 3 aromatic rings. The number of halogens is 2. The second-order valence-electron chi connectivity index (χ2n) is 9.24. The molecular formula is C28H31Cl2N3O4S. The maximum atomic E-state index is 13.8. The summed E-state index contributed by atoms with van der Waals surface area (Å²) >= 11 is 12.4. The summed E-state index contributed by atoms with van der Waals surface area (Å²) in [6.07, 6.45) is 0. The van der Waals surface area contributed by atoms with Crippen molar-refractivity contribution in [2.45, 2.75) is 38.3 Å². The van der Waals surface area contributed by atoms with Crippen molar-refractivity contribution in [1.29, 1.82) is 0 Å². The van der Waals surface area contributed by atoms with E-state index in [2.05, 4.69) is 5.32 Å². The summed E-state index contributed by atoms with van der Waals surface area (Å²) < 4.78 is 28.4. The van der Waals surface area contributed by atoms with Gasteiger partial charge in [0.2, 0.25) is 11.8 Å². The molecule has 2 amide bonds. The lowest BCUT2D eigenvalue weighted by Crippen LogP contribution is -2.51. The Morgan fingerprint density at radius 1 is 0.868 bits per heavy atom. The lowest BCUT2D eigenvalue weighted by atomic mass is 10.1. The molecule has 38 heavy (non-hydrogen) atoms. The smallest absolute Gasteiger partial charge is 0.264 e. The average molecular weight is 577 g/mol. The molecule has 0 radical (unpaired) electrons. The van der Waals surface area contributed by atoms with E-state index in [0.717, 1.165) is 9.87 Å². The maximum Gasteiger partial charge on any atom is 0.264 e. The Bertz CT molecular complexity index is 1350. The van der Waals surface area contributed by atoms with Gasteiger partial charge in [0.25, 0.3) is 10.0 Å². The number of nitrogens with one attached hydrogen (secondary N) is 1. The number of amides is 2. The molecule has 1 atom stereocenters. The SMILES string of the molecule is CC(C)CNC(=O)[C@@H](C)N(Cc1ccc(Cl)cc1)C(=O)CN(c1ccccc1Cl)S(=O)(=O)c1ccccc1. The molecule has 0 fully saturated rings. The molecule has 0 aromatic heterocycles.